The number of benzene rings is 2. The second-order valence-corrected chi connectivity index (χ2v) is 13.0. The van der Waals surface area contributed by atoms with Crippen molar-refractivity contribution in [1.29, 1.82) is 0 Å². The van der Waals surface area contributed by atoms with Crippen LogP contribution in [0.2, 0.25) is 5.02 Å². The van der Waals surface area contributed by atoms with E-state index in [4.69, 9.17) is 16.7 Å². The molecule has 2 aromatic carbocycles. The lowest BCUT2D eigenvalue weighted by Gasteiger charge is -2.20. The molecule has 188 valence electrons. The van der Waals surface area contributed by atoms with E-state index in [9.17, 15) is 8.42 Å². The van der Waals surface area contributed by atoms with Crippen LogP contribution in [0.25, 0.3) is 26.7 Å². The fraction of sp³-hybridized carbons (Fsp3) is 0.321. The molecule has 1 saturated carbocycles. The summed E-state index contributed by atoms with van der Waals surface area (Å²) in [6.07, 6.45) is 5.02. The molecule has 1 aliphatic rings. The van der Waals surface area contributed by atoms with Crippen molar-refractivity contribution in [1.82, 2.24) is 14.7 Å². The van der Waals surface area contributed by atoms with Gasteiger partial charge in [0.15, 0.2) is 9.84 Å². The molecule has 0 bridgehead atoms. The molecule has 1 fully saturated rings. The first-order valence-corrected chi connectivity index (χ1v) is 15.4. The lowest BCUT2D eigenvalue weighted by atomic mass is 10.2. The smallest absolute Gasteiger partial charge is 0.175 e. The first-order chi connectivity index (χ1) is 17.3. The third-order valence-corrected chi connectivity index (χ3v) is 8.97. The number of halogens is 1. The number of hydrogen-bond acceptors (Lipinski definition) is 5. The number of nitrogens with zero attached hydrogens (tertiary/aromatic N) is 3. The highest BCUT2D eigenvalue weighted by Crippen LogP contribution is 2.37. The van der Waals surface area contributed by atoms with Crippen LogP contribution in [0.1, 0.15) is 31.9 Å². The zero-order chi connectivity index (χ0) is 25.3. The maximum atomic E-state index is 12.1. The van der Waals surface area contributed by atoms with Crippen molar-refractivity contribution in [2.45, 2.75) is 37.6 Å². The SMILES string of the molecule is CCCN(Cc1cc(-c2ccc(-c3cccc(S(C)(=O)=O)c3)s2)n(-c2ccccc2Cl)n1)CC1CC1. The van der Waals surface area contributed by atoms with Gasteiger partial charge in [0.1, 0.15) is 0 Å². The Morgan fingerprint density at radius 3 is 2.56 bits per heavy atom. The molecular weight excluding hydrogens is 510 g/mol. The fourth-order valence-electron chi connectivity index (χ4n) is 4.45. The van der Waals surface area contributed by atoms with Crippen LogP contribution < -0.4 is 0 Å². The Balaban J connectivity index is 1.52. The average molecular weight is 540 g/mol. The standard InChI is InChI=1S/C28H30ClN3O2S2/c1-3-15-31(18-20-11-12-20)19-22-17-26(32(30-22)25-10-5-4-9-24(25)29)28-14-13-27(35-28)21-7-6-8-23(16-21)36(2,33)34/h4-10,13-14,16-17,20H,3,11-12,15,18-19H2,1-2H3. The van der Waals surface area contributed by atoms with Crippen LogP contribution >= 0.6 is 22.9 Å². The van der Waals surface area contributed by atoms with Gasteiger partial charge in [-0.3, -0.25) is 4.90 Å². The van der Waals surface area contributed by atoms with Gasteiger partial charge >= 0.3 is 0 Å². The highest BCUT2D eigenvalue weighted by atomic mass is 35.5. The van der Waals surface area contributed by atoms with Crippen molar-refractivity contribution in [3.05, 3.63) is 77.4 Å². The molecular formula is C28H30ClN3O2S2. The number of thiophene rings is 1. The summed E-state index contributed by atoms with van der Waals surface area (Å²) in [5.74, 6) is 0.823. The van der Waals surface area contributed by atoms with Crippen molar-refractivity contribution >= 4 is 32.8 Å². The van der Waals surface area contributed by atoms with E-state index in [0.717, 1.165) is 64.4 Å². The predicted molar refractivity (Wildman–Crippen MR) is 149 cm³/mol. The topological polar surface area (TPSA) is 55.2 Å². The zero-order valence-electron chi connectivity index (χ0n) is 20.5. The maximum Gasteiger partial charge on any atom is 0.175 e. The van der Waals surface area contributed by atoms with Crippen LogP contribution in [-0.2, 0) is 16.4 Å². The van der Waals surface area contributed by atoms with E-state index >= 15 is 0 Å². The lowest BCUT2D eigenvalue weighted by molar-refractivity contribution is 0.252. The van der Waals surface area contributed by atoms with E-state index in [1.54, 1.807) is 29.5 Å². The Kier molecular flexibility index (Phi) is 7.35. The van der Waals surface area contributed by atoms with Crippen molar-refractivity contribution in [3.8, 4) is 26.7 Å². The molecule has 0 saturated heterocycles. The minimum absolute atomic E-state index is 0.324. The number of sulfone groups is 1. The Morgan fingerprint density at radius 2 is 1.83 bits per heavy atom. The van der Waals surface area contributed by atoms with Crippen LogP contribution in [0.15, 0.2) is 71.6 Å². The number of aromatic nitrogens is 2. The molecule has 0 N–H and O–H groups in total. The second-order valence-electron chi connectivity index (χ2n) is 9.53. The van der Waals surface area contributed by atoms with Crippen LogP contribution in [0.3, 0.4) is 0 Å². The molecule has 0 unspecified atom stereocenters. The van der Waals surface area contributed by atoms with Crippen molar-refractivity contribution < 1.29 is 8.42 Å². The molecule has 0 spiro atoms. The number of rotatable bonds is 10. The first kappa shape index (κ1) is 25.2. The third-order valence-electron chi connectivity index (χ3n) is 6.38. The maximum absolute atomic E-state index is 12.1. The summed E-state index contributed by atoms with van der Waals surface area (Å²) in [5, 5.41) is 5.66. The normalized spacial score (nSPS) is 14.0. The summed E-state index contributed by atoms with van der Waals surface area (Å²) in [5.41, 5.74) is 3.74. The Bertz CT molecular complexity index is 1470. The summed E-state index contributed by atoms with van der Waals surface area (Å²) in [7, 11) is -3.27. The number of para-hydroxylation sites is 1. The van der Waals surface area contributed by atoms with Crippen LogP contribution in [-0.4, -0.2) is 42.4 Å². The molecule has 0 atom stereocenters. The van der Waals surface area contributed by atoms with Gasteiger partial charge in [-0.05, 0) is 79.8 Å². The van der Waals surface area contributed by atoms with Gasteiger partial charge in [0.25, 0.3) is 0 Å². The second kappa shape index (κ2) is 10.5. The molecule has 0 radical (unpaired) electrons. The highest BCUT2D eigenvalue weighted by Gasteiger charge is 2.25. The zero-order valence-corrected chi connectivity index (χ0v) is 22.9. The molecule has 1 aliphatic carbocycles. The molecule has 2 heterocycles. The van der Waals surface area contributed by atoms with Crippen molar-refractivity contribution in [2.24, 2.45) is 5.92 Å². The van der Waals surface area contributed by atoms with Gasteiger partial charge < -0.3 is 0 Å². The van der Waals surface area contributed by atoms with E-state index in [-0.39, 0.29) is 0 Å². The molecule has 8 heteroatoms. The largest absolute Gasteiger partial charge is 0.297 e. The van der Waals surface area contributed by atoms with E-state index in [1.165, 1.54) is 19.1 Å². The van der Waals surface area contributed by atoms with E-state index in [2.05, 4.69) is 24.0 Å². The van der Waals surface area contributed by atoms with Gasteiger partial charge in [-0.2, -0.15) is 5.10 Å². The summed E-state index contributed by atoms with van der Waals surface area (Å²) in [4.78, 5) is 4.89. The lowest BCUT2D eigenvalue weighted by Crippen LogP contribution is -2.26. The highest BCUT2D eigenvalue weighted by molar-refractivity contribution is 7.90. The van der Waals surface area contributed by atoms with Crippen LogP contribution in [0, 0.1) is 5.92 Å². The Morgan fingerprint density at radius 1 is 1.06 bits per heavy atom. The molecule has 2 aromatic heterocycles. The molecule has 5 rings (SSSR count). The van der Waals surface area contributed by atoms with Gasteiger partial charge in [-0.1, -0.05) is 42.8 Å². The van der Waals surface area contributed by atoms with E-state index < -0.39 is 9.84 Å². The van der Waals surface area contributed by atoms with Crippen molar-refractivity contribution in [3.63, 3.8) is 0 Å². The first-order valence-electron chi connectivity index (χ1n) is 12.3. The quantitative estimate of drug-likeness (QED) is 0.219. The van der Waals surface area contributed by atoms with Gasteiger partial charge in [0.2, 0.25) is 0 Å². The monoisotopic (exact) mass is 539 g/mol. The van der Waals surface area contributed by atoms with Gasteiger partial charge in [-0.15, -0.1) is 11.3 Å². The predicted octanol–water partition coefficient (Wildman–Crippen LogP) is 6.95. The van der Waals surface area contributed by atoms with Crippen LogP contribution in [0.4, 0.5) is 0 Å². The van der Waals surface area contributed by atoms with Crippen LogP contribution in [0.5, 0.6) is 0 Å². The van der Waals surface area contributed by atoms with Gasteiger partial charge in [0.05, 0.1) is 31.9 Å². The summed E-state index contributed by atoms with van der Waals surface area (Å²) < 4.78 is 26.1. The molecule has 5 nitrogen and oxygen atoms in total. The average Bonchev–Trinajstić information content (AvgIpc) is 3.36. The Labute approximate surface area is 222 Å². The van der Waals surface area contributed by atoms with E-state index in [1.807, 2.05) is 41.1 Å². The summed E-state index contributed by atoms with van der Waals surface area (Å²) in [6.45, 7) is 5.22. The minimum atomic E-state index is -3.27. The van der Waals surface area contributed by atoms with Crippen molar-refractivity contribution in [2.75, 3.05) is 19.3 Å². The molecule has 0 amide bonds. The molecule has 36 heavy (non-hydrogen) atoms. The fourth-order valence-corrected chi connectivity index (χ4v) is 6.33. The summed E-state index contributed by atoms with van der Waals surface area (Å²) >= 11 is 8.22. The Hall–Kier alpha value is -2.45. The van der Waals surface area contributed by atoms with E-state index in [0.29, 0.717) is 9.92 Å². The van der Waals surface area contributed by atoms with Gasteiger partial charge in [-0.25, -0.2) is 13.1 Å². The molecule has 4 aromatic rings. The minimum Gasteiger partial charge on any atom is -0.297 e. The number of hydrogen-bond donors (Lipinski definition) is 0. The molecule has 0 aliphatic heterocycles. The third kappa shape index (κ3) is 5.75. The van der Waals surface area contributed by atoms with Gasteiger partial charge in [0, 0.05) is 24.2 Å². The summed E-state index contributed by atoms with van der Waals surface area (Å²) in [6, 6.07) is 21.2.